The van der Waals surface area contributed by atoms with Gasteiger partial charge in [0.05, 0.1) is 12.2 Å². The zero-order valence-corrected chi connectivity index (χ0v) is 14.9. The fraction of sp³-hybridized carbons (Fsp3) is 0.118. The van der Waals surface area contributed by atoms with Crippen LogP contribution in [-0.2, 0) is 21.0 Å². The summed E-state index contributed by atoms with van der Waals surface area (Å²) in [5.41, 5.74) is 2.15. The van der Waals surface area contributed by atoms with Gasteiger partial charge in [-0.1, -0.05) is 70.3 Å². The molecule has 0 radical (unpaired) electrons. The second-order valence-electron chi connectivity index (χ2n) is 5.19. The largest absolute Gasteiger partial charge is 0.367 e. The molecule has 0 saturated heterocycles. The molecule has 0 aromatic heterocycles. The minimum Gasteiger partial charge on any atom is -0.314 e. The number of alkyl halides is 2. The third kappa shape index (κ3) is 3.79. The van der Waals surface area contributed by atoms with Crippen LogP contribution < -0.4 is 4.90 Å². The van der Waals surface area contributed by atoms with Crippen LogP contribution in [0.5, 0.6) is 0 Å². The van der Waals surface area contributed by atoms with Gasteiger partial charge in [-0.2, -0.15) is 0 Å². The maximum absolute atomic E-state index is 12.7. The monoisotopic (exact) mass is 396 g/mol. The number of halogens is 3. The summed E-state index contributed by atoms with van der Waals surface area (Å²) in [5, 5.41) is 4.27. The maximum Gasteiger partial charge on any atom is 0.367 e. The van der Waals surface area contributed by atoms with Gasteiger partial charge < -0.3 is 9.74 Å². The Morgan fingerprint density at radius 1 is 1.12 bits per heavy atom. The minimum atomic E-state index is -1.37. The predicted octanol–water partition coefficient (Wildman–Crippen LogP) is 3.94. The number of hydrogen-bond acceptors (Lipinski definition) is 4. The molecule has 2 aromatic carbocycles. The van der Waals surface area contributed by atoms with E-state index in [-0.39, 0.29) is 11.6 Å². The zero-order chi connectivity index (χ0) is 18.0. The van der Waals surface area contributed by atoms with Crippen molar-refractivity contribution in [3.63, 3.8) is 0 Å². The van der Waals surface area contributed by atoms with E-state index < -0.39 is 10.8 Å². The second kappa shape index (κ2) is 7.44. The number of benzene rings is 2. The summed E-state index contributed by atoms with van der Waals surface area (Å²) in [6.45, 7) is 0.327. The molecule has 2 aromatic rings. The Bertz CT molecular complexity index is 850. The molecule has 0 fully saturated rings. The lowest BCUT2D eigenvalue weighted by Crippen LogP contribution is -2.30. The van der Waals surface area contributed by atoms with E-state index in [0.29, 0.717) is 22.8 Å². The van der Waals surface area contributed by atoms with Gasteiger partial charge in [-0.3, -0.25) is 4.79 Å². The second-order valence-corrected chi connectivity index (χ2v) is 6.72. The van der Waals surface area contributed by atoms with Crippen molar-refractivity contribution in [1.29, 1.82) is 0 Å². The lowest BCUT2D eigenvalue weighted by molar-refractivity contribution is -0.141. The van der Waals surface area contributed by atoms with Crippen LogP contribution in [0.4, 0.5) is 5.69 Å². The lowest BCUT2D eigenvalue weighted by atomic mass is 10.1. The third-order valence-corrected chi connectivity index (χ3v) is 4.17. The number of fused-ring (bicyclic) bond motifs is 1. The molecule has 0 N–H and O–H groups in total. The first-order chi connectivity index (χ1) is 12.0. The first-order valence-corrected chi connectivity index (χ1v) is 8.45. The van der Waals surface area contributed by atoms with E-state index in [4.69, 9.17) is 34.8 Å². The smallest absolute Gasteiger partial charge is 0.314 e. The zero-order valence-electron chi connectivity index (χ0n) is 12.7. The van der Waals surface area contributed by atoms with Crippen LogP contribution in [0.2, 0.25) is 5.02 Å². The molecule has 1 amide bonds. The third-order valence-electron chi connectivity index (χ3n) is 3.56. The van der Waals surface area contributed by atoms with Crippen LogP contribution in [0.1, 0.15) is 11.1 Å². The maximum atomic E-state index is 12.7. The summed E-state index contributed by atoms with van der Waals surface area (Å²) < 4.78 is 0. The molecule has 1 heterocycles. The van der Waals surface area contributed by atoms with E-state index in [2.05, 4.69) is 9.99 Å². The normalized spacial score (nSPS) is 15.0. The molecule has 0 unspecified atom stereocenters. The van der Waals surface area contributed by atoms with E-state index in [9.17, 15) is 9.59 Å². The summed E-state index contributed by atoms with van der Waals surface area (Å²) >= 11 is 16.7. The van der Waals surface area contributed by atoms with Crippen LogP contribution >= 0.6 is 34.8 Å². The fourth-order valence-corrected chi connectivity index (χ4v) is 2.62. The summed E-state index contributed by atoms with van der Waals surface area (Å²) in [6, 6.07) is 14.3. The molecule has 0 spiro atoms. The van der Waals surface area contributed by atoms with Crippen LogP contribution in [-0.4, -0.2) is 22.4 Å². The fourth-order valence-electron chi connectivity index (χ4n) is 2.41. The molecule has 25 heavy (non-hydrogen) atoms. The van der Waals surface area contributed by atoms with E-state index in [1.807, 2.05) is 18.2 Å². The summed E-state index contributed by atoms with van der Waals surface area (Å²) in [5.74, 6) is -1.33. The van der Waals surface area contributed by atoms with Gasteiger partial charge in [0.15, 0.2) is 5.71 Å². The van der Waals surface area contributed by atoms with Gasteiger partial charge >= 0.3 is 5.97 Å². The van der Waals surface area contributed by atoms with Crippen molar-refractivity contribution in [3.8, 4) is 0 Å². The molecule has 3 rings (SSSR count). The Kier molecular flexibility index (Phi) is 5.27. The number of carbonyl (C=O) groups is 2. The highest BCUT2D eigenvalue weighted by molar-refractivity contribution is 6.54. The van der Waals surface area contributed by atoms with Crippen LogP contribution in [0, 0.1) is 0 Å². The molecule has 1 aliphatic heterocycles. The Labute approximate surface area is 158 Å². The van der Waals surface area contributed by atoms with Gasteiger partial charge in [-0.05, 0) is 23.8 Å². The molecule has 5 nitrogen and oxygen atoms in total. The van der Waals surface area contributed by atoms with E-state index >= 15 is 0 Å². The van der Waals surface area contributed by atoms with Crippen molar-refractivity contribution in [2.75, 3.05) is 4.90 Å². The average molecular weight is 398 g/mol. The molecular formula is C17H11Cl3N2O3. The summed E-state index contributed by atoms with van der Waals surface area (Å²) in [4.78, 5) is 28.9. The van der Waals surface area contributed by atoms with Gasteiger partial charge in [0.1, 0.15) is 0 Å². The number of nitrogens with zero attached hydrogens (tertiary/aromatic N) is 2. The Balaban J connectivity index is 1.91. The van der Waals surface area contributed by atoms with Gasteiger partial charge in [0.25, 0.3) is 5.91 Å². The van der Waals surface area contributed by atoms with Crippen LogP contribution in [0.25, 0.3) is 0 Å². The van der Waals surface area contributed by atoms with Crippen LogP contribution in [0.3, 0.4) is 0 Å². The number of anilines is 1. The first-order valence-electron chi connectivity index (χ1n) is 7.20. The molecule has 0 aliphatic carbocycles. The highest BCUT2D eigenvalue weighted by Gasteiger charge is 2.34. The lowest BCUT2D eigenvalue weighted by Gasteiger charge is -2.16. The number of para-hydroxylation sites is 1. The topological polar surface area (TPSA) is 59.0 Å². The standard InChI is InChI=1S/C17H11Cl3N2O3/c18-11-7-5-10(6-8-11)9-22-13-4-2-1-3-12(13)14(16(22)23)21-25-17(24)15(19)20/h1-8,15H,9H2. The van der Waals surface area contributed by atoms with Crippen molar-refractivity contribution < 1.29 is 14.4 Å². The number of oxime groups is 1. The van der Waals surface area contributed by atoms with Crippen molar-refractivity contribution in [3.05, 3.63) is 64.7 Å². The van der Waals surface area contributed by atoms with E-state index in [1.165, 1.54) is 0 Å². The van der Waals surface area contributed by atoms with Crippen LogP contribution in [0.15, 0.2) is 53.7 Å². The number of hydrogen-bond donors (Lipinski definition) is 0. The van der Waals surface area contributed by atoms with Crippen molar-refractivity contribution >= 4 is 58.1 Å². The molecule has 8 heteroatoms. The number of rotatable bonds is 4. The van der Waals surface area contributed by atoms with E-state index in [0.717, 1.165) is 5.56 Å². The highest BCUT2D eigenvalue weighted by atomic mass is 35.5. The van der Waals surface area contributed by atoms with Gasteiger partial charge in [-0.15, -0.1) is 0 Å². The Morgan fingerprint density at radius 3 is 2.48 bits per heavy atom. The Hall–Kier alpha value is -2.08. The Morgan fingerprint density at radius 2 is 1.80 bits per heavy atom. The SMILES string of the molecule is O=C(ON=C1C(=O)N(Cc2ccc(Cl)cc2)c2ccccc21)C(Cl)Cl. The molecule has 0 saturated carbocycles. The van der Waals surface area contributed by atoms with Gasteiger partial charge in [0, 0.05) is 10.6 Å². The first kappa shape index (κ1) is 17.7. The number of amides is 1. The minimum absolute atomic E-state index is 0.0203. The average Bonchev–Trinajstić information content (AvgIpc) is 2.86. The molecule has 1 aliphatic rings. The quantitative estimate of drug-likeness (QED) is 0.446. The molecule has 128 valence electrons. The summed E-state index contributed by atoms with van der Waals surface area (Å²) in [7, 11) is 0. The molecule has 0 bridgehead atoms. The predicted molar refractivity (Wildman–Crippen MR) is 97.2 cm³/mol. The molecule has 0 atom stereocenters. The molecular weight excluding hydrogens is 387 g/mol. The highest BCUT2D eigenvalue weighted by Crippen LogP contribution is 2.31. The number of carbonyl (C=O) groups excluding carboxylic acids is 2. The van der Waals surface area contributed by atoms with Crippen molar-refractivity contribution in [2.24, 2.45) is 5.16 Å². The van der Waals surface area contributed by atoms with E-state index in [1.54, 1.807) is 35.2 Å². The van der Waals surface area contributed by atoms with Crippen molar-refractivity contribution in [1.82, 2.24) is 0 Å². The van der Waals surface area contributed by atoms with Crippen molar-refractivity contribution in [2.45, 2.75) is 11.4 Å². The van der Waals surface area contributed by atoms with Gasteiger partial charge in [-0.25, -0.2) is 4.79 Å². The van der Waals surface area contributed by atoms with Gasteiger partial charge in [0.2, 0.25) is 4.84 Å². The summed E-state index contributed by atoms with van der Waals surface area (Å²) in [6.07, 6.45) is 0.